The molecule has 3 N–H and O–H groups in total. The van der Waals surface area contributed by atoms with Crippen LogP contribution >= 0.6 is 0 Å². The lowest BCUT2D eigenvalue weighted by molar-refractivity contribution is -0.142. The number of nitrogens with zero attached hydrogens (tertiary/aromatic N) is 1. The fourth-order valence-electron chi connectivity index (χ4n) is 1.80. The molecule has 1 aliphatic heterocycles. The molecule has 1 heterocycles. The first-order chi connectivity index (χ1) is 7.51. The van der Waals surface area contributed by atoms with Crippen molar-refractivity contribution < 1.29 is 9.59 Å². The summed E-state index contributed by atoms with van der Waals surface area (Å²) in [5.41, 5.74) is 4.51. The van der Waals surface area contributed by atoms with Crippen LogP contribution in [0.25, 0.3) is 0 Å². The van der Waals surface area contributed by atoms with Gasteiger partial charge in [0.25, 0.3) is 5.91 Å². The first-order valence-corrected chi connectivity index (χ1v) is 5.66. The lowest BCUT2D eigenvalue weighted by Crippen LogP contribution is -2.54. The summed E-state index contributed by atoms with van der Waals surface area (Å²) in [6.07, 6.45) is 0.948. The van der Waals surface area contributed by atoms with Crippen LogP contribution in [0.15, 0.2) is 4.99 Å². The van der Waals surface area contributed by atoms with E-state index in [1.54, 1.807) is 0 Å². The largest absolute Gasteiger partial charge is 0.330 e. The van der Waals surface area contributed by atoms with E-state index in [0.717, 1.165) is 0 Å². The lowest BCUT2D eigenvalue weighted by atomic mass is 9.79. The van der Waals surface area contributed by atoms with Gasteiger partial charge >= 0.3 is 0 Å². The third-order valence-electron chi connectivity index (χ3n) is 3.34. The zero-order valence-corrected chi connectivity index (χ0v) is 10.0. The minimum absolute atomic E-state index is 0.0976. The number of aliphatic imine (C=N–C) groups is 1. The van der Waals surface area contributed by atoms with Crippen molar-refractivity contribution in [2.45, 2.75) is 33.6 Å². The van der Waals surface area contributed by atoms with Crippen LogP contribution in [-0.2, 0) is 9.59 Å². The van der Waals surface area contributed by atoms with Crippen LogP contribution in [0, 0.1) is 11.3 Å². The quantitative estimate of drug-likeness (QED) is 0.681. The van der Waals surface area contributed by atoms with E-state index in [0.29, 0.717) is 25.2 Å². The summed E-state index contributed by atoms with van der Waals surface area (Å²) in [5.74, 6) is -0.279. The maximum atomic E-state index is 12.0. The van der Waals surface area contributed by atoms with E-state index in [9.17, 15) is 9.59 Å². The summed E-state index contributed by atoms with van der Waals surface area (Å²) in [7, 11) is 0. The molecule has 0 aliphatic carbocycles. The average molecular weight is 225 g/mol. The van der Waals surface area contributed by atoms with Gasteiger partial charge < -0.3 is 11.1 Å². The molecule has 2 amide bonds. The number of hydrogen-bond acceptors (Lipinski definition) is 3. The Balaban J connectivity index is 3.06. The van der Waals surface area contributed by atoms with Gasteiger partial charge in [-0.1, -0.05) is 20.8 Å². The van der Waals surface area contributed by atoms with Gasteiger partial charge in [0, 0.05) is 12.5 Å². The summed E-state index contributed by atoms with van der Waals surface area (Å²) in [5, 5.41) is 2.70. The van der Waals surface area contributed by atoms with Gasteiger partial charge in [-0.3, -0.25) is 9.59 Å². The Kier molecular flexibility index (Phi) is 3.80. The van der Waals surface area contributed by atoms with Crippen LogP contribution in [0.4, 0.5) is 0 Å². The highest BCUT2D eigenvalue weighted by atomic mass is 16.2. The molecular weight excluding hydrogens is 206 g/mol. The molecule has 0 fully saturated rings. The maximum Gasteiger partial charge on any atom is 0.263 e. The molecule has 1 atom stereocenters. The summed E-state index contributed by atoms with van der Waals surface area (Å²) in [6, 6.07) is 0. The van der Waals surface area contributed by atoms with Crippen molar-refractivity contribution in [2.24, 2.45) is 22.1 Å². The van der Waals surface area contributed by atoms with E-state index >= 15 is 0 Å². The van der Waals surface area contributed by atoms with Crippen molar-refractivity contribution in [3.63, 3.8) is 0 Å². The number of carbonyl (C=O) groups is 2. The maximum absolute atomic E-state index is 12.0. The van der Waals surface area contributed by atoms with Crippen molar-refractivity contribution in [1.29, 1.82) is 0 Å². The molecule has 0 bridgehead atoms. The highest BCUT2D eigenvalue weighted by Gasteiger charge is 2.46. The standard InChI is InChI=1S/C11H19N3O2/c1-4-11(5-2)9(15)13-8(7(3)6-12)14-10(11)16/h7H,4-6,12H2,1-3H3,(H,13,14,15,16). The Labute approximate surface area is 95.5 Å². The lowest BCUT2D eigenvalue weighted by Gasteiger charge is -2.32. The third kappa shape index (κ3) is 1.87. The van der Waals surface area contributed by atoms with Crippen molar-refractivity contribution in [3.8, 4) is 0 Å². The van der Waals surface area contributed by atoms with Crippen molar-refractivity contribution in [3.05, 3.63) is 0 Å². The Hall–Kier alpha value is -1.23. The molecule has 0 aromatic heterocycles. The Morgan fingerprint density at radius 2 is 1.94 bits per heavy atom. The zero-order chi connectivity index (χ0) is 12.3. The van der Waals surface area contributed by atoms with E-state index in [-0.39, 0.29) is 17.7 Å². The normalized spacial score (nSPS) is 21.4. The average Bonchev–Trinajstić information content (AvgIpc) is 2.28. The van der Waals surface area contributed by atoms with Crippen LogP contribution in [0.5, 0.6) is 0 Å². The second-order valence-electron chi connectivity index (χ2n) is 4.18. The predicted octanol–water partition coefficient (Wildman–Crippen LogP) is 0.443. The first kappa shape index (κ1) is 12.8. The van der Waals surface area contributed by atoms with Crippen LogP contribution in [0.1, 0.15) is 33.6 Å². The summed E-state index contributed by atoms with van der Waals surface area (Å²) >= 11 is 0. The molecule has 1 aliphatic rings. The summed E-state index contributed by atoms with van der Waals surface area (Å²) in [6.45, 7) is 5.84. The summed E-state index contributed by atoms with van der Waals surface area (Å²) in [4.78, 5) is 27.9. The van der Waals surface area contributed by atoms with E-state index in [1.165, 1.54) is 0 Å². The molecule has 90 valence electrons. The molecule has 5 heteroatoms. The van der Waals surface area contributed by atoms with Gasteiger partial charge in [0.1, 0.15) is 11.3 Å². The van der Waals surface area contributed by atoms with E-state index in [1.807, 2.05) is 20.8 Å². The first-order valence-electron chi connectivity index (χ1n) is 5.66. The second kappa shape index (κ2) is 4.74. The number of carbonyl (C=O) groups excluding carboxylic acids is 2. The van der Waals surface area contributed by atoms with Crippen molar-refractivity contribution in [1.82, 2.24) is 5.32 Å². The smallest absolute Gasteiger partial charge is 0.263 e. The number of hydrogen-bond donors (Lipinski definition) is 2. The third-order valence-corrected chi connectivity index (χ3v) is 3.34. The molecule has 1 unspecified atom stereocenters. The van der Waals surface area contributed by atoms with Crippen molar-refractivity contribution >= 4 is 17.6 Å². The monoisotopic (exact) mass is 225 g/mol. The zero-order valence-electron chi connectivity index (χ0n) is 10.0. The van der Waals surface area contributed by atoms with Crippen LogP contribution in [-0.4, -0.2) is 24.2 Å². The molecule has 0 saturated carbocycles. The van der Waals surface area contributed by atoms with Crippen molar-refractivity contribution in [2.75, 3.05) is 6.54 Å². The fraction of sp³-hybridized carbons (Fsp3) is 0.727. The van der Waals surface area contributed by atoms with Gasteiger partial charge in [0.05, 0.1) is 0 Å². The Morgan fingerprint density at radius 3 is 2.31 bits per heavy atom. The van der Waals surface area contributed by atoms with Gasteiger partial charge in [-0.2, -0.15) is 4.99 Å². The minimum Gasteiger partial charge on any atom is -0.330 e. The van der Waals surface area contributed by atoms with Crippen LogP contribution in [0.3, 0.4) is 0 Å². The number of nitrogens with two attached hydrogens (primary N) is 1. The molecule has 0 aromatic rings. The number of amidine groups is 1. The van der Waals surface area contributed by atoms with E-state index in [4.69, 9.17) is 5.73 Å². The molecule has 0 radical (unpaired) electrons. The second-order valence-corrected chi connectivity index (χ2v) is 4.18. The SMILES string of the molecule is CCC1(CC)C(=O)N=C(C(C)CN)NC1=O. The highest BCUT2D eigenvalue weighted by molar-refractivity contribution is 6.19. The number of rotatable bonds is 4. The van der Waals surface area contributed by atoms with E-state index in [2.05, 4.69) is 10.3 Å². The molecule has 5 nitrogen and oxygen atoms in total. The Bertz CT molecular complexity index is 332. The van der Waals surface area contributed by atoms with Crippen LogP contribution < -0.4 is 11.1 Å². The van der Waals surface area contributed by atoms with Crippen LogP contribution in [0.2, 0.25) is 0 Å². The molecule has 16 heavy (non-hydrogen) atoms. The Morgan fingerprint density at radius 1 is 1.38 bits per heavy atom. The van der Waals surface area contributed by atoms with Gasteiger partial charge in [-0.05, 0) is 12.8 Å². The topological polar surface area (TPSA) is 84.6 Å². The number of amides is 2. The van der Waals surface area contributed by atoms with Gasteiger partial charge in [0.2, 0.25) is 5.91 Å². The van der Waals surface area contributed by atoms with Gasteiger partial charge in [0.15, 0.2) is 0 Å². The summed E-state index contributed by atoms with van der Waals surface area (Å²) < 4.78 is 0. The molecule has 1 rings (SSSR count). The highest BCUT2D eigenvalue weighted by Crippen LogP contribution is 2.31. The fourth-order valence-corrected chi connectivity index (χ4v) is 1.80. The minimum atomic E-state index is -0.974. The number of nitrogens with one attached hydrogen (secondary N) is 1. The van der Waals surface area contributed by atoms with Gasteiger partial charge in [-0.15, -0.1) is 0 Å². The molecule has 0 saturated heterocycles. The molecular formula is C11H19N3O2. The molecule has 0 aromatic carbocycles. The van der Waals surface area contributed by atoms with Gasteiger partial charge in [-0.25, -0.2) is 0 Å². The molecule has 0 spiro atoms. The van der Waals surface area contributed by atoms with E-state index < -0.39 is 5.41 Å². The predicted molar refractivity (Wildman–Crippen MR) is 61.8 cm³/mol.